The van der Waals surface area contributed by atoms with Crippen LogP contribution in [0.4, 0.5) is 5.69 Å². The number of halogens is 1. The maximum atomic E-state index is 12.6. The van der Waals surface area contributed by atoms with Gasteiger partial charge in [-0.2, -0.15) is 0 Å². The second kappa shape index (κ2) is 6.45. The molecule has 0 saturated heterocycles. The van der Waals surface area contributed by atoms with Gasteiger partial charge in [0, 0.05) is 17.3 Å². The Labute approximate surface area is 146 Å². The van der Waals surface area contributed by atoms with Crippen LogP contribution in [0.3, 0.4) is 0 Å². The topological polar surface area (TPSA) is 75.3 Å². The fraction of sp³-hybridized carbons (Fsp3) is 0.235. The van der Waals surface area contributed by atoms with Crippen LogP contribution in [0.25, 0.3) is 0 Å². The van der Waals surface area contributed by atoms with E-state index in [9.17, 15) is 13.2 Å². The zero-order valence-corrected chi connectivity index (χ0v) is 14.6. The van der Waals surface area contributed by atoms with Gasteiger partial charge in [-0.3, -0.25) is 9.52 Å². The number of sulfonamides is 1. The van der Waals surface area contributed by atoms with E-state index in [0.717, 1.165) is 18.4 Å². The van der Waals surface area contributed by atoms with Gasteiger partial charge in [0.1, 0.15) is 4.90 Å². The highest BCUT2D eigenvalue weighted by Gasteiger charge is 2.25. The predicted molar refractivity (Wildman–Crippen MR) is 93.9 cm³/mol. The van der Waals surface area contributed by atoms with Gasteiger partial charge in [-0.05, 0) is 55.7 Å². The molecular weight excluding hydrogens is 348 g/mol. The Morgan fingerprint density at radius 2 is 1.92 bits per heavy atom. The maximum Gasteiger partial charge on any atom is 0.263 e. The average Bonchev–Trinajstić information content (AvgIpc) is 3.31. The molecule has 5 nitrogen and oxygen atoms in total. The second-order valence-corrected chi connectivity index (χ2v) is 7.93. The quantitative estimate of drug-likeness (QED) is 0.854. The number of amides is 1. The molecule has 1 amide bonds. The number of hydrogen-bond donors (Lipinski definition) is 2. The molecule has 7 heteroatoms. The zero-order valence-electron chi connectivity index (χ0n) is 13.0. The molecule has 3 rings (SSSR count). The van der Waals surface area contributed by atoms with E-state index >= 15 is 0 Å². The number of carbonyl (C=O) groups is 1. The summed E-state index contributed by atoms with van der Waals surface area (Å²) >= 11 is 6.05. The number of rotatable bonds is 5. The highest BCUT2D eigenvalue weighted by atomic mass is 35.5. The predicted octanol–water partition coefficient (Wildman–Crippen LogP) is 3.34. The summed E-state index contributed by atoms with van der Waals surface area (Å²) in [6.45, 7) is 1.87. The molecule has 2 N–H and O–H groups in total. The molecule has 24 heavy (non-hydrogen) atoms. The van der Waals surface area contributed by atoms with Crippen molar-refractivity contribution in [2.45, 2.75) is 30.7 Å². The van der Waals surface area contributed by atoms with Gasteiger partial charge in [0.2, 0.25) is 0 Å². The summed E-state index contributed by atoms with van der Waals surface area (Å²) in [5.74, 6) is -0.291. The first-order valence-corrected chi connectivity index (χ1v) is 9.41. The van der Waals surface area contributed by atoms with E-state index < -0.39 is 10.0 Å². The summed E-state index contributed by atoms with van der Waals surface area (Å²) in [7, 11) is -3.89. The van der Waals surface area contributed by atoms with E-state index in [1.807, 2.05) is 13.0 Å². The first kappa shape index (κ1) is 16.8. The molecule has 1 aliphatic carbocycles. The van der Waals surface area contributed by atoms with Crippen molar-refractivity contribution in [1.82, 2.24) is 5.32 Å². The molecule has 126 valence electrons. The third-order valence-electron chi connectivity index (χ3n) is 3.67. The Balaban J connectivity index is 1.89. The lowest BCUT2D eigenvalue weighted by Gasteiger charge is -2.11. The monoisotopic (exact) mass is 364 g/mol. The number of aryl methyl sites for hydroxylation is 1. The van der Waals surface area contributed by atoms with Crippen molar-refractivity contribution in [2.75, 3.05) is 4.72 Å². The number of anilines is 1. The van der Waals surface area contributed by atoms with Crippen molar-refractivity contribution < 1.29 is 13.2 Å². The Morgan fingerprint density at radius 3 is 2.58 bits per heavy atom. The lowest BCUT2D eigenvalue weighted by atomic mass is 10.2. The van der Waals surface area contributed by atoms with E-state index in [1.165, 1.54) is 18.2 Å². The van der Waals surface area contributed by atoms with Crippen molar-refractivity contribution in [3.8, 4) is 0 Å². The Morgan fingerprint density at radius 1 is 1.17 bits per heavy atom. The van der Waals surface area contributed by atoms with Gasteiger partial charge in [0.15, 0.2) is 0 Å². The third-order valence-corrected chi connectivity index (χ3v) is 5.53. The SMILES string of the molecule is Cc1cccc(NS(=O)(=O)c2cc(C(=O)NC3CC3)ccc2Cl)c1. The Hall–Kier alpha value is -2.05. The van der Waals surface area contributed by atoms with Gasteiger partial charge in [-0.25, -0.2) is 8.42 Å². The first-order valence-electron chi connectivity index (χ1n) is 7.55. The van der Waals surface area contributed by atoms with E-state index in [1.54, 1.807) is 18.2 Å². The van der Waals surface area contributed by atoms with Crippen LogP contribution in [0.5, 0.6) is 0 Å². The standard InChI is InChI=1S/C17H17ClN2O3S/c1-11-3-2-4-14(9-11)20-24(22,23)16-10-12(5-8-15(16)18)17(21)19-13-6-7-13/h2-5,8-10,13,20H,6-7H2,1H3,(H,19,21). The molecule has 2 aromatic rings. The second-order valence-electron chi connectivity index (χ2n) is 5.87. The van der Waals surface area contributed by atoms with E-state index in [4.69, 9.17) is 11.6 Å². The first-order chi connectivity index (χ1) is 11.3. The van der Waals surface area contributed by atoms with Crippen LogP contribution in [0.2, 0.25) is 5.02 Å². The van der Waals surface area contributed by atoms with Gasteiger partial charge < -0.3 is 5.32 Å². The minimum atomic E-state index is -3.89. The summed E-state index contributed by atoms with van der Waals surface area (Å²) in [5.41, 5.74) is 1.65. The molecule has 0 radical (unpaired) electrons. The molecule has 0 aliphatic heterocycles. The van der Waals surface area contributed by atoms with Gasteiger partial charge in [0.05, 0.1) is 5.02 Å². The number of carbonyl (C=O) groups excluding carboxylic acids is 1. The fourth-order valence-electron chi connectivity index (χ4n) is 2.27. The number of hydrogen-bond acceptors (Lipinski definition) is 3. The Bertz CT molecular complexity index is 892. The van der Waals surface area contributed by atoms with E-state index in [2.05, 4.69) is 10.0 Å². The van der Waals surface area contributed by atoms with Crippen molar-refractivity contribution in [2.24, 2.45) is 0 Å². The maximum absolute atomic E-state index is 12.6. The smallest absolute Gasteiger partial charge is 0.263 e. The van der Waals surface area contributed by atoms with Crippen LogP contribution in [-0.2, 0) is 10.0 Å². The van der Waals surface area contributed by atoms with E-state index in [0.29, 0.717) is 5.69 Å². The molecule has 0 atom stereocenters. The highest BCUT2D eigenvalue weighted by molar-refractivity contribution is 7.92. The van der Waals surface area contributed by atoms with Crippen LogP contribution in [0.15, 0.2) is 47.4 Å². The summed E-state index contributed by atoms with van der Waals surface area (Å²) in [4.78, 5) is 12.0. The molecular formula is C17H17ClN2O3S. The van der Waals surface area contributed by atoms with Gasteiger partial charge in [-0.1, -0.05) is 23.7 Å². The normalized spacial score (nSPS) is 14.2. The summed E-state index contributed by atoms with van der Waals surface area (Å²) < 4.78 is 27.7. The molecule has 0 spiro atoms. The van der Waals surface area contributed by atoms with Crippen molar-refractivity contribution in [3.05, 3.63) is 58.6 Å². The minimum absolute atomic E-state index is 0.0677. The molecule has 1 aliphatic rings. The number of benzene rings is 2. The summed E-state index contributed by atoms with van der Waals surface area (Å²) in [6, 6.07) is 11.4. The summed E-state index contributed by atoms with van der Waals surface area (Å²) in [5, 5.41) is 2.90. The van der Waals surface area contributed by atoms with Crippen LogP contribution in [-0.4, -0.2) is 20.4 Å². The van der Waals surface area contributed by atoms with Crippen LogP contribution in [0, 0.1) is 6.92 Å². The van der Waals surface area contributed by atoms with Crippen molar-refractivity contribution in [3.63, 3.8) is 0 Å². The molecule has 0 aromatic heterocycles. The molecule has 0 unspecified atom stereocenters. The van der Waals surface area contributed by atoms with Gasteiger partial charge in [0.25, 0.3) is 15.9 Å². The van der Waals surface area contributed by atoms with E-state index in [-0.39, 0.29) is 27.4 Å². The Kier molecular flexibility index (Phi) is 4.51. The largest absolute Gasteiger partial charge is 0.349 e. The van der Waals surface area contributed by atoms with Crippen LogP contribution >= 0.6 is 11.6 Å². The molecule has 0 heterocycles. The lowest BCUT2D eigenvalue weighted by molar-refractivity contribution is 0.0951. The van der Waals surface area contributed by atoms with Crippen LogP contribution < -0.4 is 10.0 Å². The molecule has 1 fully saturated rings. The van der Waals surface area contributed by atoms with Gasteiger partial charge in [-0.15, -0.1) is 0 Å². The molecule has 0 bridgehead atoms. The number of nitrogens with one attached hydrogen (secondary N) is 2. The van der Waals surface area contributed by atoms with Crippen molar-refractivity contribution >= 4 is 33.2 Å². The molecule has 1 saturated carbocycles. The average molecular weight is 365 g/mol. The van der Waals surface area contributed by atoms with Gasteiger partial charge >= 0.3 is 0 Å². The minimum Gasteiger partial charge on any atom is -0.349 e. The molecule has 2 aromatic carbocycles. The van der Waals surface area contributed by atoms with Crippen molar-refractivity contribution in [1.29, 1.82) is 0 Å². The lowest BCUT2D eigenvalue weighted by Crippen LogP contribution is -2.25. The highest BCUT2D eigenvalue weighted by Crippen LogP contribution is 2.26. The van der Waals surface area contributed by atoms with Crippen LogP contribution in [0.1, 0.15) is 28.8 Å². The zero-order chi connectivity index (χ0) is 17.3. The summed E-state index contributed by atoms with van der Waals surface area (Å²) in [6.07, 6.45) is 1.92. The third kappa shape index (κ3) is 3.88. The fourth-order valence-corrected chi connectivity index (χ4v) is 3.84.